The molecular weight excluding hydrogens is 276 g/mol. The molecule has 2 aliphatic heterocycles. The van der Waals surface area contributed by atoms with Gasteiger partial charge in [0.05, 0.1) is 15.9 Å². The lowest BCUT2D eigenvalue weighted by Crippen LogP contribution is -2.23. The first-order chi connectivity index (χ1) is 9.17. The van der Waals surface area contributed by atoms with Crippen molar-refractivity contribution in [2.75, 3.05) is 6.26 Å². The topological polar surface area (TPSA) is 48.6 Å². The van der Waals surface area contributed by atoms with Crippen molar-refractivity contribution >= 4 is 35.8 Å². The zero-order valence-electron chi connectivity index (χ0n) is 10.3. The average Bonchev–Trinajstić information content (AvgIpc) is 2.96. The van der Waals surface area contributed by atoms with Crippen LogP contribution in [-0.4, -0.2) is 16.2 Å². The molecule has 0 aliphatic carbocycles. The molecule has 5 heteroatoms. The highest BCUT2D eigenvalue weighted by Gasteiger charge is 2.01. The summed E-state index contributed by atoms with van der Waals surface area (Å²) in [6.07, 6.45) is 3.96. The van der Waals surface area contributed by atoms with Gasteiger partial charge in [-0.2, -0.15) is 0 Å². The molecule has 0 radical (unpaired) electrons. The number of aromatic nitrogens is 2. The predicted molar refractivity (Wildman–Crippen MR) is 81.2 cm³/mol. The predicted octanol–water partition coefficient (Wildman–Crippen LogP) is 1.45. The summed E-state index contributed by atoms with van der Waals surface area (Å²) < 4.78 is 0. The monoisotopic (exact) mass is 288 g/mol. The fourth-order valence-electron chi connectivity index (χ4n) is 1.95. The van der Waals surface area contributed by atoms with Crippen molar-refractivity contribution in [1.82, 2.24) is 9.97 Å². The van der Waals surface area contributed by atoms with Gasteiger partial charge in [-0.25, -0.2) is 0 Å². The second kappa shape index (κ2) is 4.75. The van der Waals surface area contributed by atoms with Gasteiger partial charge in [-0.05, 0) is 30.5 Å². The van der Waals surface area contributed by atoms with Gasteiger partial charge in [0.15, 0.2) is 0 Å². The summed E-state index contributed by atoms with van der Waals surface area (Å²) in [6, 6.07) is 5.80. The number of hydrogen-bond acceptors (Lipinski definition) is 3. The Morgan fingerprint density at radius 3 is 2.95 bits per heavy atom. The van der Waals surface area contributed by atoms with E-state index < -0.39 is 0 Å². The summed E-state index contributed by atoms with van der Waals surface area (Å²) >= 11 is 3.33. The van der Waals surface area contributed by atoms with Crippen LogP contribution in [0.5, 0.6) is 0 Å². The fraction of sp³-hybridized carbons (Fsp3) is 0.0714. The van der Waals surface area contributed by atoms with E-state index in [0.717, 1.165) is 20.9 Å². The van der Waals surface area contributed by atoms with E-state index in [9.17, 15) is 4.79 Å². The summed E-state index contributed by atoms with van der Waals surface area (Å²) in [6.45, 7) is 3.86. The number of H-pyrrole nitrogens is 2. The van der Waals surface area contributed by atoms with Crippen molar-refractivity contribution in [2.45, 2.75) is 4.90 Å². The van der Waals surface area contributed by atoms with Crippen LogP contribution in [0.25, 0.3) is 12.7 Å². The largest absolute Gasteiger partial charge is 0.354 e. The Morgan fingerprint density at radius 1 is 1.37 bits per heavy atom. The molecule has 0 atom stereocenters. The fourth-order valence-corrected chi connectivity index (χ4v) is 3.50. The molecule has 0 amide bonds. The molecule has 2 N–H and O–H groups in total. The van der Waals surface area contributed by atoms with Crippen LogP contribution in [0.1, 0.15) is 4.88 Å². The van der Waals surface area contributed by atoms with Crippen LogP contribution in [0.2, 0.25) is 0 Å². The Labute approximate surface area is 117 Å². The van der Waals surface area contributed by atoms with Crippen LogP contribution >= 0.6 is 23.1 Å². The van der Waals surface area contributed by atoms with Crippen molar-refractivity contribution in [3.8, 4) is 0 Å². The zero-order chi connectivity index (χ0) is 13.4. The Morgan fingerprint density at radius 2 is 2.21 bits per heavy atom. The zero-order valence-corrected chi connectivity index (χ0v) is 12.0. The highest BCUT2D eigenvalue weighted by Crippen LogP contribution is 2.22. The van der Waals surface area contributed by atoms with Gasteiger partial charge in [-0.1, -0.05) is 6.58 Å². The summed E-state index contributed by atoms with van der Waals surface area (Å²) in [5, 5.41) is 5.17. The van der Waals surface area contributed by atoms with E-state index in [1.54, 1.807) is 23.1 Å². The SMILES string of the molecule is C=c1ccc2[nH]c(=O)c(=Cc3cc(SC)cs3)c=2[nH]1. The molecule has 0 fully saturated rings. The number of aromatic amines is 2. The van der Waals surface area contributed by atoms with E-state index in [-0.39, 0.29) is 5.56 Å². The summed E-state index contributed by atoms with van der Waals surface area (Å²) in [7, 11) is 0. The summed E-state index contributed by atoms with van der Waals surface area (Å²) in [4.78, 5) is 20.3. The Kier molecular flexibility index (Phi) is 3.08. The van der Waals surface area contributed by atoms with Crippen molar-refractivity contribution in [3.63, 3.8) is 0 Å². The lowest BCUT2D eigenvalue weighted by atomic mass is 10.3. The van der Waals surface area contributed by atoms with E-state index in [0.29, 0.717) is 5.22 Å². The van der Waals surface area contributed by atoms with Gasteiger partial charge in [0, 0.05) is 20.5 Å². The molecule has 3 rings (SSSR count). The van der Waals surface area contributed by atoms with E-state index in [2.05, 4.69) is 28.0 Å². The quantitative estimate of drug-likeness (QED) is 0.701. The van der Waals surface area contributed by atoms with E-state index >= 15 is 0 Å². The maximum Gasteiger partial charge on any atom is 0.257 e. The van der Waals surface area contributed by atoms with Gasteiger partial charge in [-0.15, -0.1) is 23.1 Å². The number of nitrogens with one attached hydrogen (secondary N) is 2. The molecule has 1 aromatic heterocycles. The normalized spacial score (nSPS) is 12.4. The maximum absolute atomic E-state index is 12.0. The number of thiophene rings is 1. The first-order valence-electron chi connectivity index (χ1n) is 5.71. The first-order valence-corrected chi connectivity index (χ1v) is 7.82. The molecule has 0 bridgehead atoms. The van der Waals surface area contributed by atoms with Crippen molar-refractivity contribution in [2.24, 2.45) is 0 Å². The Balaban J connectivity index is 2.32. The second-order valence-electron chi connectivity index (χ2n) is 4.17. The van der Waals surface area contributed by atoms with E-state index in [1.165, 1.54) is 4.90 Å². The first kappa shape index (κ1) is 12.3. The highest BCUT2D eigenvalue weighted by atomic mass is 32.2. The average molecular weight is 288 g/mol. The third-order valence-corrected chi connectivity index (χ3v) is 4.62. The van der Waals surface area contributed by atoms with Crippen molar-refractivity contribution in [1.29, 1.82) is 0 Å². The minimum atomic E-state index is -0.0732. The molecule has 0 spiro atoms. The van der Waals surface area contributed by atoms with Crippen LogP contribution < -0.4 is 16.1 Å². The molecule has 3 nitrogen and oxygen atoms in total. The van der Waals surface area contributed by atoms with Crippen LogP contribution in [0.3, 0.4) is 0 Å². The molecule has 1 aromatic rings. The van der Waals surface area contributed by atoms with E-state index in [4.69, 9.17) is 0 Å². The molecule has 0 unspecified atom stereocenters. The molecule has 0 saturated heterocycles. The van der Waals surface area contributed by atoms with Gasteiger partial charge >= 0.3 is 0 Å². The molecule has 96 valence electrons. The van der Waals surface area contributed by atoms with Gasteiger partial charge in [0.1, 0.15) is 0 Å². The minimum Gasteiger partial charge on any atom is -0.354 e. The highest BCUT2D eigenvalue weighted by molar-refractivity contribution is 7.98. The molecule has 3 heterocycles. The molecule has 19 heavy (non-hydrogen) atoms. The van der Waals surface area contributed by atoms with Gasteiger partial charge in [-0.3, -0.25) is 4.79 Å². The van der Waals surface area contributed by atoms with Crippen LogP contribution in [0.4, 0.5) is 0 Å². The van der Waals surface area contributed by atoms with Crippen LogP contribution in [0.15, 0.2) is 33.3 Å². The Bertz CT molecular complexity index is 949. The van der Waals surface area contributed by atoms with Gasteiger partial charge in [0.25, 0.3) is 5.56 Å². The van der Waals surface area contributed by atoms with Gasteiger partial charge < -0.3 is 9.97 Å². The minimum absolute atomic E-state index is 0.0732. The molecule has 0 aromatic carbocycles. The lowest BCUT2D eigenvalue weighted by Gasteiger charge is -1.87. The van der Waals surface area contributed by atoms with Gasteiger partial charge in [0.2, 0.25) is 0 Å². The molecular formula is C14H12N2OS2. The third kappa shape index (κ3) is 2.27. The maximum atomic E-state index is 12.0. The second-order valence-corrected chi connectivity index (χ2v) is 6.00. The van der Waals surface area contributed by atoms with Crippen LogP contribution in [0, 0.1) is 10.7 Å². The number of hydrogen-bond donors (Lipinski definition) is 2. The summed E-state index contributed by atoms with van der Waals surface area (Å²) in [5.41, 5.74) is -0.0732. The third-order valence-electron chi connectivity index (χ3n) is 2.89. The Hall–Kier alpha value is -1.72. The van der Waals surface area contributed by atoms with Crippen molar-refractivity contribution in [3.05, 3.63) is 60.1 Å². The van der Waals surface area contributed by atoms with Crippen molar-refractivity contribution < 1.29 is 0 Å². The number of rotatable bonds is 2. The summed E-state index contributed by atoms with van der Waals surface area (Å²) in [5.74, 6) is 0. The van der Waals surface area contributed by atoms with E-state index in [1.807, 2.05) is 24.5 Å². The van der Waals surface area contributed by atoms with Crippen LogP contribution in [-0.2, 0) is 0 Å². The smallest absolute Gasteiger partial charge is 0.257 e. The number of thioether (sulfide) groups is 1. The molecule has 0 saturated carbocycles. The molecule has 2 aliphatic rings. The lowest BCUT2D eigenvalue weighted by molar-refractivity contribution is 1.15. The standard InChI is InChI=1S/C14H12N2OS2/c1-8-3-4-12-13(15-8)11(14(17)16-12)6-9-5-10(18-2)7-19-9/h3-7,15H,1H2,2H3,(H,16,17).